The first-order valence-corrected chi connectivity index (χ1v) is 15.0. The number of hydrogen-bond donors (Lipinski definition) is 2. The fourth-order valence-electron chi connectivity index (χ4n) is 7.62. The average Bonchev–Trinajstić information content (AvgIpc) is 3.68. The summed E-state index contributed by atoms with van der Waals surface area (Å²) in [5.41, 5.74) is -0.282. The number of phenols is 1. The second-order valence-electron chi connectivity index (χ2n) is 12.4. The zero-order valence-corrected chi connectivity index (χ0v) is 24.0. The van der Waals surface area contributed by atoms with Crippen LogP contribution in [0.5, 0.6) is 11.8 Å². The van der Waals surface area contributed by atoms with Crippen LogP contribution >= 0.6 is 0 Å². The Morgan fingerprint density at radius 2 is 2.05 bits per heavy atom. The predicted molar refractivity (Wildman–Crippen MR) is 165 cm³/mol. The van der Waals surface area contributed by atoms with Gasteiger partial charge in [0.05, 0.1) is 19.2 Å². The summed E-state index contributed by atoms with van der Waals surface area (Å²) in [6.45, 7) is 4.49. The van der Waals surface area contributed by atoms with Crippen molar-refractivity contribution in [1.29, 1.82) is 0 Å². The lowest BCUT2D eigenvalue weighted by Gasteiger charge is -2.34. The highest BCUT2D eigenvalue weighted by molar-refractivity contribution is 6.03. The topological polar surface area (TPSA) is 86.6 Å². The standard InChI is InChI=1S/C34H32F2N6O2/c1-3-24-27(35)8-5-20-11-23(43)12-25(28(20)24)30-29(36)31-26(14-37-30)32(41-16-21-6-7-22(17-41)38-21)40-33(39-31)44-18-34-9-4-10-42(34)15-19(2)13-34/h1,5,8,11-12,14,21-22,38,43H,2,4,6-7,9-10,13,15-18H2/t21-,22+,34?/i18D2. The van der Waals surface area contributed by atoms with Crippen molar-refractivity contribution in [2.24, 2.45) is 0 Å². The summed E-state index contributed by atoms with van der Waals surface area (Å²) >= 11 is 0. The molecule has 0 aliphatic carbocycles. The Labute approximate surface area is 256 Å². The lowest BCUT2D eigenvalue weighted by atomic mass is 9.94. The number of terminal acetylenes is 1. The van der Waals surface area contributed by atoms with E-state index in [0.29, 0.717) is 49.1 Å². The van der Waals surface area contributed by atoms with Crippen molar-refractivity contribution in [3.05, 3.63) is 59.8 Å². The molecule has 2 bridgehead atoms. The van der Waals surface area contributed by atoms with Gasteiger partial charge in [0.1, 0.15) is 35.2 Å². The van der Waals surface area contributed by atoms with Crippen LogP contribution in [0, 0.1) is 24.0 Å². The molecular formula is C34H32F2N6O2. The van der Waals surface area contributed by atoms with Gasteiger partial charge in [-0.1, -0.05) is 24.1 Å². The number of piperazine rings is 1. The molecule has 4 saturated heterocycles. The molecule has 0 radical (unpaired) electrons. The van der Waals surface area contributed by atoms with Crippen LogP contribution in [0.25, 0.3) is 32.9 Å². The van der Waals surface area contributed by atoms with Gasteiger partial charge in [-0.15, -0.1) is 6.42 Å². The lowest BCUT2D eigenvalue weighted by molar-refractivity contribution is 0.108. The maximum absolute atomic E-state index is 16.9. The quantitative estimate of drug-likeness (QED) is 0.248. The van der Waals surface area contributed by atoms with Gasteiger partial charge >= 0.3 is 6.01 Å². The number of fused-ring (bicyclic) bond motifs is 5. The number of phenolic OH excluding ortho intramolecular Hbond substituents is 1. The van der Waals surface area contributed by atoms with Gasteiger partial charge in [0, 0.05) is 48.9 Å². The number of halogens is 2. The van der Waals surface area contributed by atoms with Crippen LogP contribution in [-0.4, -0.2) is 75.3 Å². The molecule has 2 N–H and O–H groups in total. The smallest absolute Gasteiger partial charge is 0.319 e. The van der Waals surface area contributed by atoms with Crippen molar-refractivity contribution >= 4 is 27.5 Å². The van der Waals surface area contributed by atoms with Crippen LogP contribution in [0.1, 0.15) is 40.4 Å². The third kappa shape index (κ3) is 4.29. The summed E-state index contributed by atoms with van der Waals surface area (Å²) in [4.78, 5) is 17.8. The fraction of sp³-hybridized carbons (Fsp3) is 0.382. The predicted octanol–water partition coefficient (Wildman–Crippen LogP) is 4.92. The van der Waals surface area contributed by atoms with Crippen LogP contribution < -0.4 is 15.0 Å². The van der Waals surface area contributed by atoms with E-state index in [2.05, 4.69) is 37.6 Å². The minimum atomic E-state index is -2.21. The van der Waals surface area contributed by atoms with E-state index in [1.165, 1.54) is 30.5 Å². The molecule has 8 nitrogen and oxygen atoms in total. The maximum Gasteiger partial charge on any atom is 0.319 e. The van der Waals surface area contributed by atoms with E-state index in [1.807, 2.05) is 0 Å². The van der Waals surface area contributed by atoms with Crippen molar-refractivity contribution < 1.29 is 21.4 Å². The summed E-state index contributed by atoms with van der Waals surface area (Å²) in [7, 11) is 0. The molecule has 224 valence electrons. The summed E-state index contributed by atoms with van der Waals surface area (Å²) < 4.78 is 56.1. The number of rotatable bonds is 5. The molecule has 44 heavy (non-hydrogen) atoms. The highest BCUT2D eigenvalue weighted by Gasteiger charge is 2.46. The van der Waals surface area contributed by atoms with Gasteiger partial charge in [-0.05, 0) is 62.2 Å². The number of aromatic hydroxyl groups is 1. The number of anilines is 1. The molecule has 4 aromatic rings. The summed E-state index contributed by atoms with van der Waals surface area (Å²) in [6.07, 6.45) is 11.0. The van der Waals surface area contributed by atoms with Crippen LogP contribution in [-0.2, 0) is 0 Å². The first kappa shape index (κ1) is 25.0. The first-order chi connectivity index (χ1) is 22.1. The van der Waals surface area contributed by atoms with E-state index in [1.54, 1.807) is 0 Å². The normalized spacial score (nSPS) is 25.8. The molecule has 2 aromatic heterocycles. The van der Waals surface area contributed by atoms with E-state index in [9.17, 15) is 9.50 Å². The van der Waals surface area contributed by atoms with Gasteiger partial charge in [-0.3, -0.25) is 9.88 Å². The Morgan fingerprint density at radius 1 is 1.23 bits per heavy atom. The molecule has 0 spiro atoms. The SMILES string of the molecule is [2H]C([2H])(Oc1nc(N2C[C@H]3CC[C@@H](C2)N3)c2cnc(-c3cc(O)cc4ccc(F)c(C#C)c34)c(F)c2n1)C12CCCN1CC(=C)C2. The van der Waals surface area contributed by atoms with E-state index in [0.717, 1.165) is 31.4 Å². The Bertz CT molecular complexity index is 1990. The minimum absolute atomic E-state index is 0.0794. The summed E-state index contributed by atoms with van der Waals surface area (Å²) in [6, 6.07) is 5.58. The van der Waals surface area contributed by atoms with E-state index >= 15 is 4.39 Å². The zero-order valence-electron chi connectivity index (χ0n) is 26.0. The van der Waals surface area contributed by atoms with Crippen molar-refractivity contribution in [2.75, 3.05) is 37.6 Å². The summed E-state index contributed by atoms with van der Waals surface area (Å²) in [5.74, 6) is 1.08. The van der Waals surface area contributed by atoms with Crippen molar-refractivity contribution in [3.8, 4) is 35.4 Å². The minimum Gasteiger partial charge on any atom is -0.508 e. The Balaban J connectivity index is 1.31. The number of ether oxygens (including phenoxy) is 1. The maximum atomic E-state index is 16.9. The second kappa shape index (κ2) is 10.1. The molecule has 0 saturated carbocycles. The molecule has 8 rings (SSSR count). The molecule has 0 amide bonds. The highest BCUT2D eigenvalue weighted by Crippen LogP contribution is 2.42. The van der Waals surface area contributed by atoms with E-state index in [4.69, 9.17) is 18.9 Å². The van der Waals surface area contributed by atoms with Crippen LogP contribution in [0.15, 0.2) is 42.6 Å². The Morgan fingerprint density at radius 3 is 2.84 bits per heavy atom. The van der Waals surface area contributed by atoms with E-state index in [-0.39, 0.29) is 51.6 Å². The molecule has 4 fully saturated rings. The second-order valence-corrected chi connectivity index (χ2v) is 12.4. The van der Waals surface area contributed by atoms with Crippen LogP contribution in [0.4, 0.5) is 14.6 Å². The Kier molecular flexibility index (Phi) is 5.75. The fourth-order valence-corrected chi connectivity index (χ4v) is 7.62. The van der Waals surface area contributed by atoms with Gasteiger partial charge in [0.2, 0.25) is 0 Å². The first-order valence-electron chi connectivity index (χ1n) is 16.0. The largest absolute Gasteiger partial charge is 0.508 e. The molecule has 1 unspecified atom stereocenters. The lowest BCUT2D eigenvalue weighted by Crippen LogP contribution is -2.51. The number of nitrogens with zero attached hydrogens (tertiary/aromatic N) is 5. The number of hydrogen-bond acceptors (Lipinski definition) is 8. The van der Waals surface area contributed by atoms with Gasteiger partial charge in [-0.25, -0.2) is 8.78 Å². The van der Waals surface area contributed by atoms with Gasteiger partial charge in [0.25, 0.3) is 0 Å². The number of pyridine rings is 1. The van der Waals surface area contributed by atoms with Gasteiger partial charge in [-0.2, -0.15) is 9.97 Å². The van der Waals surface area contributed by atoms with Crippen LogP contribution in [0.3, 0.4) is 0 Å². The zero-order chi connectivity index (χ0) is 32.0. The van der Waals surface area contributed by atoms with Gasteiger partial charge in [0.15, 0.2) is 5.82 Å². The number of aromatic nitrogens is 3. The molecule has 10 heteroatoms. The molecule has 2 aromatic carbocycles. The third-order valence-corrected chi connectivity index (χ3v) is 9.52. The molecular weight excluding hydrogens is 562 g/mol. The Hall–Kier alpha value is -4.33. The van der Waals surface area contributed by atoms with Crippen molar-refractivity contribution in [1.82, 2.24) is 25.2 Å². The van der Waals surface area contributed by atoms with Gasteiger partial charge < -0.3 is 20.1 Å². The average molecular weight is 597 g/mol. The molecule has 3 atom stereocenters. The molecule has 4 aliphatic heterocycles. The molecule has 6 heterocycles. The number of benzene rings is 2. The van der Waals surface area contributed by atoms with Crippen molar-refractivity contribution in [3.63, 3.8) is 0 Å². The summed E-state index contributed by atoms with van der Waals surface area (Å²) in [5, 5.41) is 15.1. The number of nitrogens with one attached hydrogen (secondary N) is 1. The van der Waals surface area contributed by atoms with E-state index < -0.39 is 23.7 Å². The van der Waals surface area contributed by atoms with Crippen molar-refractivity contribution in [2.45, 2.75) is 49.7 Å². The highest BCUT2D eigenvalue weighted by atomic mass is 19.1. The third-order valence-electron chi connectivity index (χ3n) is 9.52. The van der Waals surface area contributed by atoms with Crippen LogP contribution in [0.2, 0.25) is 0 Å². The monoisotopic (exact) mass is 596 g/mol. The molecule has 4 aliphatic rings.